The molecule has 0 amide bonds. The van der Waals surface area contributed by atoms with Crippen LogP contribution in [0.3, 0.4) is 0 Å². The van der Waals surface area contributed by atoms with Crippen LogP contribution in [0.25, 0.3) is 6.08 Å². The molecule has 1 aromatic heterocycles. The molecule has 0 bridgehead atoms. The summed E-state index contributed by atoms with van der Waals surface area (Å²) in [5.74, 6) is -0.810. The lowest BCUT2D eigenvalue weighted by atomic mass is 10.1. The van der Waals surface area contributed by atoms with Crippen LogP contribution in [-0.2, 0) is 17.8 Å². The molecule has 4 nitrogen and oxygen atoms in total. The first-order valence-electron chi connectivity index (χ1n) is 9.27. The van der Waals surface area contributed by atoms with Gasteiger partial charge in [0.2, 0.25) is 5.78 Å². The fourth-order valence-electron chi connectivity index (χ4n) is 3.08. The van der Waals surface area contributed by atoms with E-state index in [0.717, 1.165) is 23.1 Å². The fraction of sp³-hybridized carbons (Fsp3) is 0.167. The van der Waals surface area contributed by atoms with Gasteiger partial charge < -0.3 is 9.67 Å². The molecule has 0 spiro atoms. The highest BCUT2D eigenvalue weighted by Crippen LogP contribution is 2.13. The van der Waals surface area contributed by atoms with Crippen LogP contribution >= 0.6 is 0 Å². The number of allylic oxidation sites excluding steroid dienone is 1. The van der Waals surface area contributed by atoms with Gasteiger partial charge in [0.25, 0.3) is 0 Å². The van der Waals surface area contributed by atoms with Gasteiger partial charge in [-0.15, -0.1) is 0 Å². The molecule has 0 atom stereocenters. The normalized spacial score (nSPS) is 11.0. The van der Waals surface area contributed by atoms with Crippen molar-refractivity contribution in [2.45, 2.75) is 26.3 Å². The van der Waals surface area contributed by atoms with E-state index in [0.29, 0.717) is 17.8 Å². The van der Waals surface area contributed by atoms with Gasteiger partial charge in [0.1, 0.15) is 0 Å². The lowest BCUT2D eigenvalue weighted by molar-refractivity contribution is -0.136. The number of aryl methyl sites for hydroxylation is 2. The predicted octanol–water partition coefficient (Wildman–Crippen LogP) is 4.76. The number of ketones is 1. The summed E-state index contributed by atoms with van der Waals surface area (Å²) in [6, 6.07) is 18.9. The number of carboxylic acids is 1. The van der Waals surface area contributed by atoms with Gasteiger partial charge in [0.15, 0.2) is 0 Å². The summed E-state index contributed by atoms with van der Waals surface area (Å²) >= 11 is 0. The van der Waals surface area contributed by atoms with E-state index >= 15 is 0 Å². The Morgan fingerprint density at radius 3 is 2.57 bits per heavy atom. The minimum absolute atomic E-state index is 0.0233. The van der Waals surface area contributed by atoms with E-state index in [1.165, 1.54) is 0 Å². The highest BCUT2D eigenvalue weighted by atomic mass is 16.4. The molecule has 28 heavy (non-hydrogen) atoms. The lowest BCUT2D eigenvalue weighted by Gasteiger charge is -2.07. The van der Waals surface area contributed by atoms with Gasteiger partial charge in [-0.2, -0.15) is 0 Å². The van der Waals surface area contributed by atoms with E-state index in [1.807, 2.05) is 90.5 Å². The molecule has 0 saturated carbocycles. The van der Waals surface area contributed by atoms with Crippen LogP contribution in [0.2, 0.25) is 0 Å². The zero-order valence-corrected chi connectivity index (χ0v) is 15.8. The maximum atomic E-state index is 12.7. The van der Waals surface area contributed by atoms with Crippen LogP contribution in [0.5, 0.6) is 0 Å². The maximum Gasteiger partial charge on any atom is 0.307 e. The molecule has 2 aromatic carbocycles. The number of aromatic nitrogens is 1. The quantitative estimate of drug-likeness (QED) is 0.579. The number of hydrogen-bond donors (Lipinski definition) is 1. The summed E-state index contributed by atoms with van der Waals surface area (Å²) in [6.45, 7) is 2.70. The minimum atomic E-state index is -0.834. The molecule has 1 N–H and O–H groups in total. The zero-order chi connectivity index (χ0) is 19.9. The van der Waals surface area contributed by atoms with Gasteiger partial charge in [-0.05, 0) is 36.6 Å². The number of aliphatic carboxylic acids is 1. The first-order valence-corrected chi connectivity index (χ1v) is 9.27. The minimum Gasteiger partial charge on any atom is -0.481 e. The Balaban J connectivity index is 1.62. The van der Waals surface area contributed by atoms with Crippen LogP contribution in [0.4, 0.5) is 0 Å². The summed E-state index contributed by atoms with van der Waals surface area (Å²) in [5, 5.41) is 8.90. The van der Waals surface area contributed by atoms with Crippen molar-refractivity contribution in [1.29, 1.82) is 0 Å². The van der Waals surface area contributed by atoms with Crippen molar-refractivity contribution < 1.29 is 14.7 Å². The van der Waals surface area contributed by atoms with E-state index < -0.39 is 5.97 Å². The number of benzene rings is 2. The monoisotopic (exact) mass is 373 g/mol. The van der Waals surface area contributed by atoms with E-state index in [1.54, 1.807) is 0 Å². The van der Waals surface area contributed by atoms with Crippen LogP contribution in [0, 0.1) is 6.92 Å². The van der Waals surface area contributed by atoms with Crippen LogP contribution in [0.15, 0.2) is 72.9 Å². The highest BCUT2D eigenvalue weighted by molar-refractivity contribution is 6.08. The Bertz CT molecular complexity index is 997. The second-order valence-corrected chi connectivity index (χ2v) is 6.79. The first-order chi connectivity index (χ1) is 13.5. The molecule has 0 saturated heterocycles. The van der Waals surface area contributed by atoms with Crippen LogP contribution in [0.1, 0.15) is 39.2 Å². The van der Waals surface area contributed by atoms with Gasteiger partial charge in [-0.25, -0.2) is 0 Å². The van der Waals surface area contributed by atoms with Crippen molar-refractivity contribution in [3.63, 3.8) is 0 Å². The van der Waals surface area contributed by atoms with E-state index in [9.17, 15) is 9.59 Å². The van der Waals surface area contributed by atoms with E-state index in [2.05, 4.69) is 0 Å². The van der Waals surface area contributed by atoms with Crippen molar-refractivity contribution in [2.24, 2.45) is 0 Å². The number of carboxylic acid groups (broad SMARTS) is 1. The van der Waals surface area contributed by atoms with Crippen LogP contribution in [-0.4, -0.2) is 21.4 Å². The Hall–Kier alpha value is -3.40. The molecule has 3 rings (SSSR count). The molecule has 3 aromatic rings. The molecule has 0 aliphatic rings. The molecule has 0 unspecified atom stereocenters. The molecule has 142 valence electrons. The molecular weight excluding hydrogens is 350 g/mol. The molecule has 0 aliphatic heterocycles. The molecule has 0 aliphatic carbocycles. The summed E-state index contributed by atoms with van der Waals surface area (Å²) in [4.78, 5) is 23.6. The highest BCUT2D eigenvalue weighted by Gasteiger charge is 2.12. The molecule has 1 heterocycles. The third-order valence-electron chi connectivity index (χ3n) is 4.53. The number of carbonyl (C=O) groups is 2. The van der Waals surface area contributed by atoms with Gasteiger partial charge in [-0.3, -0.25) is 9.59 Å². The van der Waals surface area contributed by atoms with Crippen LogP contribution < -0.4 is 0 Å². The summed E-state index contributed by atoms with van der Waals surface area (Å²) in [6.07, 6.45) is 6.74. The van der Waals surface area contributed by atoms with E-state index in [4.69, 9.17) is 5.11 Å². The maximum absolute atomic E-state index is 12.7. The fourth-order valence-corrected chi connectivity index (χ4v) is 3.08. The lowest BCUT2D eigenvalue weighted by Crippen LogP contribution is -2.09. The van der Waals surface area contributed by atoms with Crippen molar-refractivity contribution in [2.75, 3.05) is 0 Å². The first kappa shape index (κ1) is 19.4. The van der Waals surface area contributed by atoms with Crippen molar-refractivity contribution in [1.82, 2.24) is 4.57 Å². The standard InChI is InChI=1S/C24H23NO3/c1-18-10-12-21(13-11-18)24(28)22-9-5-15-25(22)14-3-2-6-19-7-4-8-20(16-19)17-23(26)27/h2,4-13,15-16H,3,14,17H2,1H3,(H,26,27)/b6-2+. The second-order valence-electron chi connectivity index (χ2n) is 6.79. The number of hydrogen-bond acceptors (Lipinski definition) is 2. The van der Waals surface area contributed by atoms with Gasteiger partial charge in [-0.1, -0.05) is 66.2 Å². The Morgan fingerprint density at radius 2 is 1.82 bits per heavy atom. The van der Waals surface area contributed by atoms with E-state index in [-0.39, 0.29) is 12.2 Å². The van der Waals surface area contributed by atoms with Gasteiger partial charge in [0, 0.05) is 18.3 Å². The topological polar surface area (TPSA) is 59.3 Å². The molecular formula is C24H23NO3. The Labute approximate surface area is 164 Å². The van der Waals surface area contributed by atoms with Crippen molar-refractivity contribution in [3.05, 3.63) is 101 Å². The van der Waals surface area contributed by atoms with Gasteiger partial charge in [0.05, 0.1) is 12.1 Å². The third kappa shape index (κ3) is 5.07. The predicted molar refractivity (Wildman–Crippen MR) is 110 cm³/mol. The SMILES string of the molecule is Cc1ccc(C(=O)c2cccn2CC/C=C/c2cccc(CC(=O)O)c2)cc1. The summed E-state index contributed by atoms with van der Waals surface area (Å²) in [7, 11) is 0. The number of rotatable bonds is 8. The van der Waals surface area contributed by atoms with Crippen molar-refractivity contribution >= 4 is 17.8 Å². The third-order valence-corrected chi connectivity index (χ3v) is 4.53. The average Bonchev–Trinajstić information content (AvgIpc) is 3.13. The summed E-state index contributed by atoms with van der Waals surface area (Å²) < 4.78 is 1.97. The summed E-state index contributed by atoms with van der Waals surface area (Å²) in [5.41, 5.74) is 4.26. The average molecular weight is 373 g/mol. The van der Waals surface area contributed by atoms with Crippen molar-refractivity contribution in [3.8, 4) is 0 Å². The zero-order valence-electron chi connectivity index (χ0n) is 15.8. The van der Waals surface area contributed by atoms with Gasteiger partial charge >= 0.3 is 5.97 Å². The number of carbonyl (C=O) groups excluding carboxylic acids is 1. The Kier molecular flexibility index (Phi) is 6.22. The second kappa shape index (κ2) is 9.00. The molecule has 0 fully saturated rings. The Morgan fingerprint density at radius 1 is 1.04 bits per heavy atom. The smallest absolute Gasteiger partial charge is 0.307 e. The molecule has 0 radical (unpaired) electrons. The molecule has 4 heteroatoms. The largest absolute Gasteiger partial charge is 0.481 e. The number of nitrogens with zero attached hydrogens (tertiary/aromatic N) is 1.